The lowest BCUT2D eigenvalue weighted by atomic mass is 9.93. The highest BCUT2D eigenvalue weighted by molar-refractivity contribution is 6.13. The van der Waals surface area contributed by atoms with Crippen LogP contribution < -0.4 is 4.90 Å². The first-order valence-electron chi connectivity index (χ1n) is 17.5. The normalized spacial score (nSPS) is 11.1. The number of para-hydroxylation sites is 1. The Morgan fingerprint density at radius 3 is 1.47 bits per heavy atom. The first-order chi connectivity index (χ1) is 25.3. The molecule has 9 rings (SSSR count). The van der Waals surface area contributed by atoms with Gasteiger partial charge in [-0.3, -0.25) is 0 Å². The third-order valence-corrected chi connectivity index (χ3v) is 9.84. The van der Waals surface area contributed by atoms with E-state index in [0.717, 1.165) is 17.1 Å². The van der Waals surface area contributed by atoms with Crippen LogP contribution >= 0.6 is 0 Å². The lowest BCUT2D eigenvalue weighted by molar-refractivity contribution is 1.28. The van der Waals surface area contributed by atoms with E-state index in [1.807, 2.05) is 0 Å². The van der Waals surface area contributed by atoms with E-state index in [1.54, 1.807) is 0 Å². The van der Waals surface area contributed by atoms with E-state index in [1.165, 1.54) is 66.1 Å². The Labute approximate surface area is 299 Å². The van der Waals surface area contributed by atoms with E-state index in [4.69, 9.17) is 0 Å². The van der Waals surface area contributed by atoms with Gasteiger partial charge in [-0.05, 0) is 109 Å². The Hall–Kier alpha value is -6.70. The van der Waals surface area contributed by atoms with Crippen LogP contribution in [0.5, 0.6) is 0 Å². The van der Waals surface area contributed by atoms with Gasteiger partial charge in [0.25, 0.3) is 0 Å². The molecule has 0 aliphatic carbocycles. The van der Waals surface area contributed by atoms with Crippen LogP contribution in [0.3, 0.4) is 0 Å². The molecule has 0 atom stereocenters. The minimum Gasteiger partial charge on any atom is -0.310 e. The highest BCUT2D eigenvalue weighted by Gasteiger charge is 2.19. The van der Waals surface area contributed by atoms with Gasteiger partial charge in [0, 0.05) is 16.9 Å². The maximum absolute atomic E-state index is 2.38. The number of hydrogen-bond donors (Lipinski definition) is 0. The SMILES string of the molecule is c1ccc(-c2cccc(-c3ccc(N(c4ccccc4)c4ccc(-c5cc6ccccc6c6ccccc56)cc4)c(-c4ccccc4)c3)c2)cc1. The summed E-state index contributed by atoms with van der Waals surface area (Å²) < 4.78 is 0. The van der Waals surface area contributed by atoms with E-state index >= 15 is 0 Å². The summed E-state index contributed by atoms with van der Waals surface area (Å²) in [6, 6.07) is 76.6. The number of rotatable bonds is 7. The molecular weight excluding hydrogens is 615 g/mol. The zero-order chi connectivity index (χ0) is 34.0. The molecule has 9 aromatic rings. The van der Waals surface area contributed by atoms with Crippen molar-refractivity contribution in [2.24, 2.45) is 0 Å². The van der Waals surface area contributed by atoms with Crippen molar-refractivity contribution in [3.8, 4) is 44.5 Å². The van der Waals surface area contributed by atoms with Gasteiger partial charge in [-0.1, -0.05) is 164 Å². The van der Waals surface area contributed by atoms with Crippen LogP contribution in [0.25, 0.3) is 66.1 Å². The molecular formula is C50H35N. The molecule has 0 heterocycles. The third-order valence-electron chi connectivity index (χ3n) is 9.84. The molecule has 0 radical (unpaired) electrons. The van der Waals surface area contributed by atoms with Gasteiger partial charge in [-0.2, -0.15) is 0 Å². The van der Waals surface area contributed by atoms with Gasteiger partial charge in [0.05, 0.1) is 5.69 Å². The van der Waals surface area contributed by atoms with Crippen molar-refractivity contribution in [3.05, 3.63) is 212 Å². The lowest BCUT2D eigenvalue weighted by Crippen LogP contribution is -2.11. The van der Waals surface area contributed by atoms with E-state index in [2.05, 4.69) is 217 Å². The van der Waals surface area contributed by atoms with Crippen molar-refractivity contribution in [1.29, 1.82) is 0 Å². The van der Waals surface area contributed by atoms with Gasteiger partial charge < -0.3 is 4.90 Å². The summed E-state index contributed by atoms with van der Waals surface area (Å²) in [7, 11) is 0. The summed E-state index contributed by atoms with van der Waals surface area (Å²) in [6.07, 6.45) is 0. The van der Waals surface area contributed by atoms with Gasteiger partial charge in [0.1, 0.15) is 0 Å². The molecule has 1 nitrogen and oxygen atoms in total. The van der Waals surface area contributed by atoms with Crippen LogP contribution in [0, 0.1) is 0 Å². The molecule has 0 saturated heterocycles. The lowest BCUT2D eigenvalue weighted by Gasteiger charge is -2.28. The highest BCUT2D eigenvalue weighted by atomic mass is 15.1. The zero-order valence-corrected chi connectivity index (χ0v) is 28.2. The maximum atomic E-state index is 2.38. The number of nitrogens with zero attached hydrogens (tertiary/aromatic N) is 1. The summed E-state index contributed by atoms with van der Waals surface area (Å²) >= 11 is 0. The molecule has 0 saturated carbocycles. The summed E-state index contributed by atoms with van der Waals surface area (Å²) in [5, 5.41) is 5.08. The second-order valence-electron chi connectivity index (χ2n) is 13.0. The Morgan fingerprint density at radius 1 is 0.255 bits per heavy atom. The van der Waals surface area contributed by atoms with Crippen molar-refractivity contribution in [2.45, 2.75) is 0 Å². The van der Waals surface area contributed by atoms with E-state index < -0.39 is 0 Å². The van der Waals surface area contributed by atoms with E-state index in [-0.39, 0.29) is 0 Å². The van der Waals surface area contributed by atoms with Gasteiger partial charge in [0.2, 0.25) is 0 Å². The number of anilines is 3. The molecule has 0 aliphatic rings. The minimum absolute atomic E-state index is 1.10. The van der Waals surface area contributed by atoms with Gasteiger partial charge in [-0.15, -0.1) is 0 Å². The fourth-order valence-corrected chi connectivity index (χ4v) is 7.36. The van der Waals surface area contributed by atoms with Crippen LogP contribution in [0.1, 0.15) is 0 Å². The van der Waals surface area contributed by atoms with Crippen molar-refractivity contribution in [1.82, 2.24) is 0 Å². The molecule has 0 fully saturated rings. The molecule has 0 bridgehead atoms. The quantitative estimate of drug-likeness (QED) is 0.155. The molecule has 0 N–H and O–H groups in total. The molecule has 240 valence electrons. The second-order valence-corrected chi connectivity index (χ2v) is 13.0. The maximum Gasteiger partial charge on any atom is 0.0540 e. The average molecular weight is 650 g/mol. The van der Waals surface area contributed by atoms with Crippen molar-refractivity contribution in [3.63, 3.8) is 0 Å². The summed E-state index contributed by atoms with van der Waals surface area (Å²) in [5.74, 6) is 0. The summed E-state index contributed by atoms with van der Waals surface area (Å²) in [4.78, 5) is 2.38. The van der Waals surface area contributed by atoms with Crippen molar-refractivity contribution < 1.29 is 0 Å². The fraction of sp³-hybridized carbons (Fsp3) is 0. The van der Waals surface area contributed by atoms with Gasteiger partial charge in [0.15, 0.2) is 0 Å². The predicted octanol–water partition coefficient (Wildman–Crippen LogP) is 14.1. The largest absolute Gasteiger partial charge is 0.310 e. The topological polar surface area (TPSA) is 3.24 Å². The Morgan fingerprint density at radius 2 is 0.745 bits per heavy atom. The van der Waals surface area contributed by atoms with Crippen LogP contribution in [-0.4, -0.2) is 0 Å². The van der Waals surface area contributed by atoms with E-state index in [9.17, 15) is 0 Å². The van der Waals surface area contributed by atoms with Crippen molar-refractivity contribution >= 4 is 38.6 Å². The van der Waals surface area contributed by atoms with Gasteiger partial charge >= 0.3 is 0 Å². The standard InChI is InChI=1S/C50H35N/c1-4-15-36(16-5-1)39-20-14-21-40(33-39)41-29-32-50(49(34-41)37-17-6-2-7-18-37)51(43-22-8-3-9-23-43)44-30-27-38(28-31-44)48-35-42-19-10-11-24-45(42)46-25-12-13-26-47(46)48/h1-35H. The molecule has 51 heavy (non-hydrogen) atoms. The first kappa shape index (κ1) is 30.4. The summed E-state index contributed by atoms with van der Waals surface area (Å²) in [6.45, 7) is 0. The zero-order valence-electron chi connectivity index (χ0n) is 28.2. The third kappa shape index (κ3) is 5.86. The number of fused-ring (bicyclic) bond motifs is 3. The smallest absolute Gasteiger partial charge is 0.0540 e. The van der Waals surface area contributed by atoms with Crippen LogP contribution in [0.4, 0.5) is 17.1 Å². The summed E-state index contributed by atoms with van der Waals surface area (Å²) in [5.41, 5.74) is 12.9. The number of hydrogen-bond acceptors (Lipinski definition) is 1. The Kier molecular flexibility index (Phi) is 7.92. The number of benzene rings is 9. The van der Waals surface area contributed by atoms with Crippen LogP contribution in [-0.2, 0) is 0 Å². The minimum atomic E-state index is 1.10. The molecule has 0 unspecified atom stereocenters. The predicted molar refractivity (Wildman–Crippen MR) is 218 cm³/mol. The average Bonchev–Trinajstić information content (AvgIpc) is 3.22. The van der Waals surface area contributed by atoms with Gasteiger partial charge in [-0.25, -0.2) is 0 Å². The van der Waals surface area contributed by atoms with Crippen LogP contribution in [0.15, 0.2) is 212 Å². The Bertz CT molecular complexity index is 2610. The van der Waals surface area contributed by atoms with E-state index in [0.29, 0.717) is 0 Å². The highest BCUT2D eigenvalue weighted by Crippen LogP contribution is 2.44. The van der Waals surface area contributed by atoms with Crippen molar-refractivity contribution in [2.75, 3.05) is 4.90 Å². The molecule has 0 aromatic heterocycles. The fourth-order valence-electron chi connectivity index (χ4n) is 7.36. The first-order valence-corrected chi connectivity index (χ1v) is 17.5. The molecule has 0 spiro atoms. The molecule has 9 aromatic carbocycles. The monoisotopic (exact) mass is 649 g/mol. The molecule has 0 aliphatic heterocycles. The molecule has 1 heteroatoms. The Balaban J connectivity index is 1.18. The molecule has 0 amide bonds. The van der Waals surface area contributed by atoms with Crippen LogP contribution in [0.2, 0.25) is 0 Å². The second kappa shape index (κ2) is 13.3.